The van der Waals surface area contributed by atoms with E-state index < -0.39 is 126 Å². The first-order chi connectivity index (χ1) is 46.2. The lowest BCUT2D eigenvalue weighted by Gasteiger charge is -2.26. The van der Waals surface area contributed by atoms with Crippen molar-refractivity contribution in [2.24, 2.45) is 55.8 Å². The maximum absolute atomic E-state index is 15.1. The quantitative estimate of drug-likeness (QED) is 0.00950. The molecule has 0 heterocycles. The summed E-state index contributed by atoms with van der Waals surface area (Å²) in [5.41, 5.74) is 18.3. The number of hydrogen-bond donors (Lipinski definition) is 10. The number of esters is 1. The van der Waals surface area contributed by atoms with Crippen molar-refractivity contribution >= 4 is 93.6 Å². The molecule has 530 valence electrons. The minimum absolute atomic E-state index is 0.00372. The van der Waals surface area contributed by atoms with Crippen LogP contribution in [0.4, 0.5) is 4.79 Å². The van der Waals surface area contributed by atoms with Crippen molar-refractivity contribution in [3.63, 3.8) is 0 Å². The Hall–Kier alpha value is -9.82. The number of nitrogens with two attached hydrogens (primary N) is 3. The minimum Gasteiger partial charge on any atom is -0.488 e. The fraction of sp³-hybridized carbons (Fsp3) is 0.514. The molecule has 0 unspecified atom stereocenters. The number of nitrogens with zero attached hydrogens (tertiary/aromatic N) is 3. The summed E-state index contributed by atoms with van der Waals surface area (Å²) in [6.45, 7) is 15.2. The zero-order valence-corrected chi connectivity index (χ0v) is 57.2. The van der Waals surface area contributed by atoms with Gasteiger partial charge in [0.05, 0.1) is 36.4 Å². The Morgan fingerprint density at radius 1 is 0.588 bits per heavy atom. The fourth-order valence-corrected chi connectivity index (χ4v) is 10.2. The third kappa shape index (κ3) is 33.4. The van der Waals surface area contributed by atoms with Crippen molar-refractivity contribution in [3.05, 3.63) is 103 Å². The Labute approximate surface area is 568 Å². The molecule has 5 amide bonds. The van der Waals surface area contributed by atoms with E-state index >= 15 is 9.59 Å². The molecule has 7 atom stereocenters. The number of amides is 5. The van der Waals surface area contributed by atoms with Gasteiger partial charge in [0.15, 0.2) is 29.3 Å². The fourth-order valence-electron chi connectivity index (χ4n) is 10.2. The zero-order chi connectivity index (χ0) is 71.9. The van der Waals surface area contributed by atoms with E-state index in [1.165, 1.54) is 33.2 Å². The number of carbonyl (C=O) groups excluding carboxylic acids is 11. The largest absolute Gasteiger partial charge is 0.488 e. The summed E-state index contributed by atoms with van der Waals surface area (Å²) in [6, 6.07) is 16.5. The highest BCUT2D eigenvalue weighted by Crippen LogP contribution is 2.25. The van der Waals surface area contributed by atoms with Gasteiger partial charge in [-0.25, -0.2) is 4.79 Å². The Morgan fingerprint density at radius 3 is 1.78 bits per heavy atom. The van der Waals surface area contributed by atoms with E-state index in [2.05, 4.69) is 65.4 Å². The number of guanidine groups is 2. The highest BCUT2D eigenvalue weighted by Gasteiger charge is 2.35. The lowest BCUT2D eigenvalue weighted by molar-refractivity contribution is -0.143. The van der Waals surface area contributed by atoms with E-state index in [0.717, 1.165) is 10.8 Å². The van der Waals surface area contributed by atoms with E-state index in [-0.39, 0.29) is 121 Å². The van der Waals surface area contributed by atoms with Crippen molar-refractivity contribution in [3.8, 4) is 5.75 Å². The van der Waals surface area contributed by atoms with Gasteiger partial charge in [0.25, 0.3) is 0 Å². The molecule has 3 aromatic rings. The molecule has 27 heteroatoms. The van der Waals surface area contributed by atoms with Gasteiger partial charge in [-0.05, 0) is 126 Å². The van der Waals surface area contributed by atoms with Gasteiger partial charge in [-0.2, -0.15) is 0 Å². The topological polar surface area (TPSA) is 415 Å². The molecular formula is C70H101N13O14. The van der Waals surface area contributed by atoms with Crippen molar-refractivity contribution in [1.29, 1.82) is 0 Å². The zero-order valence-electron chi connectivity index (χ0n) is 57.2. The second-order valence-corrected chi connectivity index (χ2v) is 24.6. The third-order valence-electron chi connectivity index (χ3n) is 15.2. The minimum atomic E-state index is -1.30. The summed E-state index contributed by atoms with van der Waals surface area (Å²) in [5, 5.41) is 21.1. The Morgan fingerprint density at radius 2 is 1.16 bits per heavy atom. The lowest BCUT2D eigenvalue weighted by atomic mass is 9.88. The predicted molar refractivity (Wildman–Crippen MR) is 372 cm³/mol. The molecule has 27 nitrogen and oxygen atoms in total. The third-order valence-corrected chi connectivity index (χ3v) is 15.2. The van der Waals surface area contributed by atoms with E-state index in [9.17, 15) is 43.2 Å². The van der Waals surface area contributed by atoms with Gasteiger partial charge in [0.2, 0.25) is 23.6 Å². The number of nitrogens with one attached hydrogen (secondary N) is 7. The molecule has 0 spiro atoms. The molecule has 0 aliphatic carbocycles. The van der Waals surface area contributed by atoms with Crippen LogP contribution in [0.1, 0.15) is 123 Å². The average molecular weight is 1350 g/mol. The van der Waals surface area contributed by atoms with Crippen LogP contribution < -0.4 is 59.2 Å². The number of fused-ring (bicyclic) bond motifs is 1. The normalized spacial score (nSPS) is 13.9. The molecule has 97 heavy (non-hydrogen) atoms. The SMILES string of the molecule is C=CCOC(=O)CC[C@H](CC(=O)CNC(=O)[C@@H](CC(=O)[C@@H](CCCNC(N)=NC)NC(=O)[C@H](CCCN=C(C)N)CC(=O)[C@H](Cc1ccc(OC(C)(C)C)cc1)NC(=O)[C@H](CNC(=O)OCC=C)CC(C)=O)Cc1ccc2ccccc2c1)C(=O)N[C@H](C=O)CCCNC(N)=NC. The first kappa shape index (κ1) is 81.4. The monoisotopic (exact) mass is 1350 g/mol. The number of aldehydes is 1. The number of benzene rings is 3. The molecular weight excluding hydrogens is 1250 g/mol. The van der Waals surface area contributed by atoms with E-state index in [4.69, 9.17) is 31.4 Å². The second kappa shape index (κ2) is 44.0. The van der Waals surface area contributed by atoms with Gasteiger partial charge in [-0.3, -0.25) is 53.3 Å². The molecule has 0 radical (unpaired) electrons. The van der Waals surface area contributed by atoms with Gasteiger partial charge >= 0.3 is 12.1 Å². The maximum atomic E-state index is 15.1. The number of alkyl carbamates (subject to hydrolysis) is 1. The van der Waals surface area contributed by atoms with E-state index in [0.29, 0.717) is 36.1 Å². The lowest BCUT2D eigenvalue weighted by Crippen LogP contribution is -2.49. The number of hydrogen-bond acceptors (Lipinski definition) is 17. The van der Waals surface area contributed by atoms with Gasteiger partial charge in [0.1, 0.15) is 36.6 Å². The summed E-state index contributed by atoms with van der Waals surface area (Å²) >= 11 is 0. The van der Waals surface area contributed by atoms with Crippen LogP contribution in [0.2, 0.25) is 0 Å². The second-order valence-electron chi connectivity index (χ2n) is 24.6. The number of rotatable bonds is 46. The molecule has 0 saturated heterocycles. The molecule has 3 rings (SSSR count). The van der Waals surface area contributed by atoms with Crippen molar-refractivity contribution in [2.45, 2.75) is 148 Å². The van der Waals surface area contributed by atoms with Crippen LogP contribution in [0, 0.1) is 23.7 Å². The summed E-state index contributed by atoms with van der Waals surface area (Å²) < 4.78 is 16.1. The van der Waals surface area contributed by atoms with Crippen LogP contribution in [0.15, 0.2) is 107 Å². The van der Waals surface area contributed by atoms with Gasteiger partial charge in [-0.15, -0.1) is 0 Å². The van der Waals surface area contributed by atoms with Gasteiger partial charge in [0, 0.05) is 90.1 Å². The van der Waals surface area contributed by atoms with Crippen molar-refractivity contribution in [2.75, 3.05) is 60.0 Å². The van der Waals surface area contributed by atoms with Crippen LogP contribution in [-0.4, -0.2) is 167 Å². The number of ketones is 4. The summed E-state index contributed by atoms with van der Waals surface area (Å²) in [7, 11) is 2.99. The summed E-state index contributed by atoms with van der Waals surface area (Å²) in [6.07, 6.45) is 1.40. The van der Waals surface area contributed by atoms with Crippen LogP contribution in [0.25, 0.3) is 10.8 Å². The van der Waals surface area contributed by atoms with Crippen LogP contribution in [0.5, 0.6) is 5.75 Å². The number of Topliss-reactive ketones (excluding diaryl/α,β-unsaturated/α-hetero) is 4. The standard InChI is InChI=1S/C70H101N13O14/c1-10-33-95-62(89)29-26-52(64(91)81-55(44-84)20-15-31-77-67(72)74-8)39-56(86)43-79-63(90)53(37-48-22-25-49-17-12-13-18-50(49)36-48)41-60(87)58(21-16-32-78-68(73)75-9)82-65(92)51(19-14-30-76-46(4)71)40-61(88)59(38-47-23-27-57(28-24-47)97-70(5,6)7)83-66(93)54(35-45(3)85)42-80-69(94)96-34-11-2/h10-13,17-18,22-25,27-28,36,44,51-55,58-59H,1-2,14-16,19-21,26,29-35,37-43H2,3-9H3,(H2,71,76)(H,79,90)(H,80,94)(H,81,91)(H,82,92)(H,83,93)(H3,72,74,77)(H3,73,75,78)/t51-,52-,53-,54+,55+,58-,59+/m1/s1. The first-order valence-electron chi connectivity index (χ1n) is 32.6. The highest BCUT2D eigenvalue weighted by molar-refractivity contribution is 5.97. The predicted octanol–water partition coefficient (Wildman–Crippen LogP) is 4.10. The molecule has 0 aliphatic rings. The molecule has 3 aromatic carbocycles. The number of aliphatic imine (C=N–C) groups is 3. The van der Waals surface area contributed by atoms with Crippen molar-refractivity contribution in [1.82, 2.24) is 37.2 Å². The summed E-state index contributed by atoms with van der Waals surface area (Å²) in [5.74, 6) is -9.07. The number of amidine groups is 1. The van der Waals surface area contributed by atoms with Crippen LogP contribution in [0.3, 0.4) is 0 Å². The van der Waals surface area contributed by atoms with E-state index in [1.807, 2.05) is 63.2 Å². The van der Waals surface area contributed by atoms with Gasteiger partial charge in [-0.1, -0.05) is 79.9 Å². The van der Waals surface area contributed by atoms with Crippen LogP contribution in [-0.2, 0) is 70.3 Å². The Balaban J connectivity index is 2.07. The smallest absolute Gasteiger partial charge is 0.407 e. The molecule has 0 bridgehead atoms. The Kier molecular flexibility index (Phi) is 36.9. The molecule has 0 aliphatic heterocycles. The Bertz CT molecular complexity index is 3230. The number of carbonyl (C=O) groups is 11. The molecule has 0 fully saturated rings. The van der Waals surface area contributed by atoms with Gasteiger partial charge < -0.3 is 78.2 Å². The summed E-state index contributed by atoms with van der Waals surface area (Å²) in [4.78, 5) is 164. The van der Waals surface area contributed by atoms with Crippen LogP contribution >= 0.6 is 0 Å². The molecule has 0 saturated carbocycles. The maximum Gasteiger partial charge on any atom is 0.407 e. The highest BCUT2D eigenvalue weighted by atomic mass is 16.5. The van der Waals surface area contributed by atoms with Crippen molar-refractivity contribution < 1.29 is 67.0 Å². The molecule has 0 aromatic heterocycles. The molecule has 13 N–H and O–H groups in total. The first-order valence-corrected chi connectivity index (χ1v) is 32.6. The van der Waals surface area contributed by atoms with E-state index in [1.54, 1.807) is 31.2 Å². The number of ether oxygens (including phenoxy) is 3. The average Bonchev–Trinajstić information content (AvgIpc) is 0.939.